The van der Waals surface area contributed by atoms with Gasteiger partial charge in [0.05, 0.1) is 23.8 Å². The topological polar surface area (TPSA) is 47.4 Å². The third kappa shape index (κ3) is 2.31. The predicted octanol–water partition coefficient (Wildman–Crippen LogP) is 4.32. The van der Waals surface area contributed by atoms with Gasteiger partial charge in [0.15, 0.2) is 0 Å². The van der Waals surface area contributed by atoms with E-state index >= 15 is 0 Å². The molecule has 5 heteroatoms. The van der Waals surface area contributed by atoms with Gasteiger partial charge >= 0.3 is 0 Å². The van der Waals surface area contributed by atoms with Crippen molar-refractivity contribution in [3.8, 4) is 22.5 Å². The Morgan fingerprint density at radius 1 is 1.04 bits per heavy atom. The van der Waals surface area contributed by atoms with Crippen LogP contribution < -0.4 is 0 Å². The maximum absolute atomic E-state index is 7.26. The van der Waals surface area contributed by atoms with E-state index in [0.717, 1.165) is 33.9 Å². The second-order valence-corrected chi connectivity index (χ2v) is 5.44. The molecule has 24 heavy (non-hydrogen) atoms. The maximum atomic E-state index is 7.26. The van der Waals surface area contributed by atoms with Crippen molar-refractivity contribution in [3.63, 3.8) is 0 Å². The Morgan fingerprint density at radius 3 is 2.79 bits per heavy atom. The van der Waals surface area contributed by atoms with Gasteiger partial charge in [-0.05, 0) is 31.2 Å². The van der Waals surface area contributed by atoms with Crippen LogP contribution in [0.2, 0.25) is 0 Å². The highest BCUT2D eigenvalue weighted by Gasteiger charge is 2.13. The first kappa shape index (κ1) is 14.1. The fourth-order valence-electron chi connectivity index (χ4n) is 2.73. The van der Waals surface area contributed by atoms with Crippen LogP contribution in [0.25, 0.3) is 33.0 Å². The summed E-state index contributed by atoms with van der Waals surface area (Å²) in [5, 5.41) is 0. The Morgan fingerprint density at radius 2 is 1.96 bits per heavy atom. The average Bonchev–Trinajstić information content (AvgIpc) is 3.04. The summed E-state index contributed by atoms with van der Waals surface area (Å²) >= 11 is 0. The molecule has 0 fully saturated rings. The minimum absolute atomic E-state index is 0.492. The molecule has 0 aliphatic carbocycles. The van der Waals surface area contributed by atoms with Crippen molar-refractivity contribution in [1.29, 1.82) is 0 Å². The quantitative estimate of drug-likeness (QED) is 0.518. The number of nitrogens with zero attached hydrogens (tertiary/aromatic N) is 5. The number of aromatic nitrogens is 4. The molecule has 4 aromatic heterocycles. The van der Waals surface area contributed by atoms with E-state index in [0.29, 0.717) is 5.82 Å². The van der Waals surface area contributed by atoms with Crippen LogP contribution >= 0.6 is 0 Å². The lowest BCUT2D eigenvalue weighted by Gasteiger charge is -2.08. The first-order chi connectivity index (χ1) is 11.8. The summed E-state index contributed by atoms with van der Waals surface area (Å²) in [5.74, 6) is 0.492. The molecule has 0 amide bonds. The lowest BCUT2D eigenvalue weighted by molar-refractivity contribution is 1.17. The zero-order valence-corrected chi connectivity index (χ0v) is 13.0. The van der Waals surface area contributed by atoms with Gasteiger partial charge in [-0.1, -0.05) is 18.7 Å². The smallest absolute Gasteiger partial charge is 0.254 e. The van der Waals surface area contributed by atoms with Gasteiger partial charge in [0.1, 0.15) is 0 Å². The standard InChI is InChI=1S/C19H13N5/c1-13-5-3-7-16(23-13)19-15(6-4-10-21-19)14-8-9-17-22-11-18(20-2)24(17)12-14/h3-12H,1H3. The van der Waals surface area contributed by atoms with Crippen LogP contribution in [0.1, 0.15) is 5.69 Å². The van der Waals surface area contributed by atoms with Gasteiger partial charge in [-0.3, -0.25) is 9.97 Å². The van der Waals surface area contributed by atoms with Crippen molar-refractivity contribution < 1.29 is 0 Å². The molecular weight excluding hydrogens is 298 g/mol. The Labute approximate surface area is 139 Å². The van der Waals surface area contributed by atoms with Crippen LogP contribution in [0.5, 0.6) is 0 Å². The number of pyridine rings is 3. The summed E-state index contributed by atoms with van der Waals surface area (Å²) in [4.78, 5) is 16.9. The highest BCUT2D eigenvalue weighted by molar-refractivity contribution is 5.79. The van der Waals surface area contributed by atoms with Gasteiger partial charge in [0, 0.05) is 29.1 Å². The molecule has 5 nitrogen and oxygen atoms in total. The number of aryl methyl sites for hydroxylation is 1. The van der Waals surface area contributed by atoms with Gasteiger partial charge in [0.25, 0.3) is 5.82 Å². The van der Waals surface area contributed by atoms with Crippen LogP contribution in [-0.2, 0) is 0 Å². The molecule has 0 aliphatic rings. The van der Waals surface area contributed by atoms with Crippen molar-refractivity contribution in [3.05, 3.63) is 78.2 Å². The Kier molecular flexibility index (Phi) is 3.29. The second kappa shape index (κ2) is 5.60. The normalized spacial score (nSPS) is 10.7. The molecule has 0 unspecified atom stereocenters. The molecule has 0 spiro atoms. The SMILES string of the molecule is [C-]#[N+]c1cnc2ccc(-c3cccnc3-c3cccc(C)n3)cn12. The first-order valence-corrected chi connectivity index (χ1v) is 7.50. The van der Waals surface area contributed by atoms with Crippen molar-refractivity contribution in [2.24, 2.45) is 0 Å². The summed E-state index contributed by atoms with van der Waals surface area (Å²) in [6.45, 7) is 9.22. The number of fused-ring (bicyclic) bond motifs is 1. The van der Waals surface area contributed by atoms with E-state index in [9.17, 15) is 0 Å². The lowest BCUT2D eigenvalue weighted by atomic mass is 10.0. The molecule has 4 rings (SSSR count). The third-order valence-electron chi connectivity index (χ3n) is 3.85. The van der Waals surface area contributed by atoms with E-state index in [2.05, 4.69) is 19.8 Å². The Bertz CT molecular complexity index is 1090. The molecule has 0 radical (unpaired) electrons. The second-order valence-electron chi connectivity index (χ2n) is 5.44. The summed E-state index contributed by atoms with van der Waals surface area (Å²) in [6.07, 6.45) is 5.27. The summed E-state index contributed by atoms with van der Waals surface area (Å²) < 4.78 is 1.79. The van der Waals surface area contributed by atoms with E-state index in [1.165, 1.54) is 0 Å². The van der Waals surface area contributed by atoms with Crippen molar-refractivity contribution in [1.82, 2.24) is 19.4 Å². The molecule has 0 saturated heterocycles. The summed E-state index contributed by atoms with van der Waals surface area (Å²) in [7, 11) is 0. The fraction of sp³-hybridized carbons (Fsp3) is 0.0526. The van der Waals surface area contributed by atoms with E-state index in [-0.39, 0.29) is 0 Å². The van der Waals surface area contributed by atoms with Crippen molar-refractivity contribution in [2.75, 3.05) is 0 Å². The molecule has 0 bridgehead atoms. The van der Waals surface area contributed by atoms with Gasteiger partial charge < -0.3 is 4.85 Å². The zero-order chi connectivity index (χ0) is 16.5. The maximum Gasteiger partial charge on any atom is 0.254 e. The monoisotopic (exact) mass is 311 g/mol. The average molecular weight is 311 g/mol. The molecule has 0 N–H and O–H groups in total. The van der Waals surface area contributed by atoms with Gasteiger partial charge in [-0.25, -0.2) is 9.38 Å². The molecule has 0 aromatic carbocycles. The number of imidazole rings is 1. The summed E-state index contributed by atoms with van der Waals surface area (Å²) in [5.41, 5.74) is 5.30. The molecule has 4 heterocycles. The Balaban J connectivity index is 1.93. The van der Waals surface area contributed by atoms with E-state index in [1.54, 1.807) is 16.8 Å². The molecule has 0 aliphatic heterocycles. The van der Waals surface area contributed by atoms with Gasteiger partial charge in [-0.2, -0.15) is 0 Å². The molecule has 4 aromatic rings. The fourth-order valence-corrected chi connectivity index (χ4v) is 2.73. The predicted molar refractivity (Wildman–Crippen MR) is 92.7 cm³/mol. The molecule has 0 saturated carbocycles. The summed E-state index contributed by atoms with van der Waals surface area (Å²) in [6, 6.07) is 13.7. The third-order valence-corrected chi connectivity index (χ3v) is 3.85. The van der Waals surface area contributed by atoms with Crippen LogP contribution in [0.15, 0.2) is 61.1 Å². The van der Waals surface area contributed by atoms with Gasteiger partial charge in [0.2, 0.25) is 5.65 Å². The van der Waals surface area contributed by atoms with Crippen LogP contribution in [0, 0.1) is 13.5 Å². The van der Waals surface area contributed by atoms with Crippen LogP contribution in [0.3, 0.4) is 0 Å². The van der Waals surface area contributed by atoms with Crippen molar-refractivity contribution >= 4 is 11.5 Å². The minimum Gasteiger partial charge on any atom is -0.362 e. The van der Waals surface area contributed by atoms with Crippen LogP contribution in [0.4, 0.5) is 5.82 Å². The number of hydrogen-bond acceptors (Lipinski definition) is 3. The number of rotatable bonds is 2. The molecular formula is C19H13N5. The zero-order valence-electron chi connectivity index (χ0n) is 13.0. The van der Waals surface area contributed by atoms with E-state index in [1.807, 2.05) is 55.6 Å². The Hall–Kier alpha value is -3.52. The highest BCUT2D eigenvalue weighted by atomic mass is 15.1. The van der Waals surface area contributed by atoms with Crippen LogP contribution in [-0.4, -0.2) is 19.4 Å². The first-order valence-electron chi connectivity index (χ1n) is 7.50. The number of hydrogen-bond donors (Lipinski definition) is 0. The minimum atomic E-state index is 0.492. The van der Waals surface area contributed by atoms with Gasteiger partial charge in [-0.15, -0.1) is 0 Å². The molecule has 0 atom stereocenters. The van der Waals surface area contributed by atoms with E-state index in [4.69, 9.17) is 6.57 Å². The lowest BCUT2D eigenvalue weighted by Crippen LogP contribution is -1.94. The van der Waals surface area contributed by atoms with Crippen molar-refractivity contribution in [2.45, 2.75) is 6.92 Å². The molecule has 114 valence electrons. The highest BCUT2D eigenvalue weighted by Crippen LogP contribution is 2.30. The van der Waals surface area contributed by atoms with E-state index < -0.39 is 0 Å². The largest absolute Gasteiger partial charge is 0.362 e.